The van der Waals surface area contributed by atoms with Gasteiger partial charge in [0.05, 0.1) is 13.2 Å². The van der Waals surface area contributed by atoms with E-state index in [2.05, 4.69) is 5.32 Å². The highest BCUT2D eigenvalue weighted by molar-refractivity contribution is 5.90. The Morgan fingerprint density at radius 2 is 1.83 bits per heavy atom. The second kappa shape index (κ2) is 8.19. The maximum absolute atomic E-state index is 12.2. The van der Waals surface area contributed by atoms with Crippen molar-refractivity contribution in [3.05, 3.63) is 52.4 Å². The molecule has 0 atom stereocenters. The van der Waals surface area contributed by atoms with Gasteiger partial charge >= 0.3 is 0 Å². The first-order chi connectivity index (χ1) is 11.5. The highest BCUT2D eigenvalue weighted by Gasteiger charge is 2.10. The first kappa shape index (κ1) is 17.6. The van der Waals surface area contributed by atoms with E-state index in [0.29, 0.717) is 36.0 Å². The van der Waals surface area contributed by atoms with Gasteiger partial charge in [-0.2, -0.15) is 0 Å². The molecule has 0 fully saturated rings. The minimum absolute atomic E-state index is 0.0440. The number of rotatable bonds is 7. The summed E-state index contributed by atoms with van der Waals surface area (Å²) in [5.74, 6) is 0.923. The fourth-order valence-corrected chi connectivity index (χ4v) is 2.27. The van der Waals surface area contributed by atoms with Gasteiger partial charge in [0.25, 0.3) is 5.56 Å². The summed E-state index contributed by atoms with van der Waals surface area (Å²) in [7, 11) is 0. The molecule has 0 bridgehead atoms. The monoisotopic (exact) mass is 330 g/mol. The number of aromatic nitrogens is 1. The number of hydrogen-bond donors (Lipinski definition) is 1. The van der Waals surface area contributed by atoms with E-state index in [1.54, 1.807) is 43.5 Å². The van der Waals surface area contributed by atoms with Crippen molar-refractivity contribution in [1.82, 2.24) is 4.57 Å². The molecule has 128 valence electrons. The standard InChI is InChI=1S/C18H22N2O4/c1-4-23-15-9-8-14(11-16(15)24-5-2)19-17(21)12-20-10-6-7-13(3)18(20)22/h6-11H,4-5,12H2,1-3H3,(H,19,21). The van der Waals surface area contributed by atoms with Crippen LogP contribution in [0.5, 0.6) is 11.5 Å². The van der Waals surface area contributed by atoms with Crippen LogP contribution in [0.2, 0.25) is 0 Å². The van der Waals surface area contributed by atoms with E-state index in [1.807, 2.05) is 13.8 Å². The molecule has 2 aromatic rings. The zero-order chi connectivity index (χ0) is 17.5. The average molecular weight is 330 g/mol. The summed E-state index contributed by atoms with van der Waals surface area (Å²) in [5.41, 5.74) is 1.02. The van der Waals surface area contributed by atoms with Gasteiger partial charge < -0.3 is 19.4 Å². The summed E-state index contributed by atoms with van der Waals surface area (Å²) in [6, 6.07) is 8.67. The van der Waals surface area contributed by atoms with E-state index in [-0.39, 0.29) is 18.0 Å². The lowest BCUT2D eigenvalue weighted by molar-refractivity contribution is -0.116. The molecule has 1 N–H and O–H groups in total. The highest BCUT2D eigenvalue weighted by atomic mass is 16.5. The summed E-state index contributed by atoms with van der Waals surface area (Å²) in [6.07, 6.45) is 1.60. The van der Waals surface area contributed by atoms with Crippen molar-refractivity contribution in [3.8, 4) is 11.5 Å². The maximum atomic E-state index is 12.2. The van der Waals surface area contributed by atoms with Gasteiger partial charge in [-0.3, -0.25) is 9.59 Å². The first-order valence-corrected chi connectivity index (χ1v) is 7.90. The Labute approximate surface area is 141 Å². The molecule has 0 aliphatic rings. The summed E-state index contributed by atoms with van der Waals surface area (Å²) < 4.78 is 12.4. The third kappa shape index (κ3) is 4.38. The number of benzene rings is 1. The Hall–Kier alpha value is -2.76. The topological polar surface area (TPSA) is 69.6 Å². The number of carbonyl (C=O) groups excluding carboxylic acids is 1. The van der Waals surface area contributed by atoms with Gasteiger partial charge in [0.15, 0.2) is 11.5 Å². The van der Waals surface area contributed by atoms with Gasteiger partial charge in [0, 0.05) is 23.5 Å². The lowest BCUT2D eigenvalue weighted by atomic mass is 10.2. The Morgan fingerprint density at radius 3 is 2.54 bits per heavy atom. The van der Waals surface area contributed by atoms with E-state index in [4.69, 9.17) is 9.47 Å². The number of anilines is 1. The lowest BCUT2D eigenvalue weighted by Crippen LogP contribution is -2.28. The number of pyridine rings is 1. The summed E-state index contributed by atoms with van der Waals surface area (Å²) in [5, 5.41) is 2.77. The normalized spacial score (nSPS) is 10.3. The van der Waals surface area contributed by atoms with Crippen molar-refractivity contribution in [2.45, 2.75) is 27.3 Å². The van der Waals surface area contributed by atoms with Gasteiger partial charge in [0.1, 0.15) is 6.54 Å². The zero-order valence-corrected chi connectivity index (χ0v) is 14.2. The molecule has 0 saturated carbocycles. The van der Waals surface area contributed by atoms with Crippen molar-refractivity contribution in [2.24, 2.45) is 0 Å². The second-order valence-electron chi connectivity index (χ2n) is 5.20. The predicted molar refractivity (Wildman–Crippen MR) is 92.8 cm³/mol. The molecule has 6 nitrogen and oxygen atoms in total. The number of ether oxygens (including phenoxy) is 2. The van der Waals surface area contributed by atoms with Crippen LogP contribution in [0.3, 0.4) is 0 Å². The number of aryl methyl sites for hydroxylation is 1. The number of carbonyl (C=O) groups is 1. The Balaban J connectivity index is 2.12. The number of nitrogens with one attached hydrogen (secondary N) is 1. The fourth-order valence-electron chi connectivity index (χ4n) is 2.27. The summed E-state index contributed by atoms with van der Waals surface area (Å²) >= 11 is 0. The Morgan fingerprint density at radius 1 is 1.12 bits per heavy atom. The molecule has 0 saturated heterocycles. The van der Waals surface area contributed by atoms with Crippen LogP contribution in [-0.2, 0) is 11.3 Å². The smallest absolute Gasteiger partial charge is 0.253 e. The van der Waals surface area contributed by atoms with Crippen molar-refractivity contribution < 1.29 is 14.3 Å². The molecular weight excluding hydrogens is 308 g/mol. The quantitative estimate of drug-likeness (QED) is 0.847. The SMILES string of the molecule is CCOc1ccc(NC(=O)Cn2cccc(C)c2=O)cc1OCC. The minimum Gasteiger partial charge on any atom is -0.490 e. The van der Waals surface area contributed by atoms with Crippen LogP contribution in [0.25, 0.3) is 0 Å². The van der Waals surface area contributed by atoms with Gasteiger partial charge in [-0.25, -0.2) is 0 Å². The molecule has 2 rings (SSSR count). The third-order valence-electron chi connectivity index (χ3n) is 3.35. The molecule has 24 heavy (non-hydrogen) atoms. The molecule has 1 heterocycles. The van der Waals surface area contributed by atoms with E-state index in [1.165, 1.54) is 4.57 Å². The molecule has 0 aliphatic heterocycles. The van der Waals surface area contributed by atoms with Gasteiger partial charge in [-0.15, -0.1) is 0 Å². The largest absolute Gasteiger partial charge is 0.490 e. The first-order valence-electron chi connectivity index (χ1n) is 7.90. The fraction of sp³-hybridized carbons (Fsp3) is 0.333. The molecule has 1 aromatic carbocycles. The number of hydrogen-bond acceptors (Lipinski definition) is 4. The van der Waals surface area contributed by atoms with Crippen LogP contribution in [-0.4, -0.2) is 23.7 Å². The van der Waals surface area contributed by atoms with Gasteiger partial charge in [-0.1, -0.05) is 6.07 Å². The van der Waals surface area contributed by atoms with Crippen LogP contribution < -0.4 is 20.3 Å². The van der Waals surface area contributed by atoms with E-state index < -0.39 is 0 Å². The van der Waals surface area contributed by atoms with E-state index >= 15 is 0 Å². The maximum Gasteiger partial charge on any atom is 0.253 e. The number of nitrogens with zero attached hydrogens (tertiary/aromatic N) is 1. The molecule has 0 spiro atoms. The van der Waals surface area contributed by atoms with E-state index in [9.17, 15) is 9.59 Å². The van der Waals surface area contributed by atoms with Crippen LogP contribution in [0, 0.1) is 6.92 Å². The van der Waals surface area contributed by atoms with Crippen molar-refractivity contribution in [1.29, 1.82) is 0 Å². The summed E-state index contributed by atoms with van der Waals surface area (Å²) in [6.45, 7) is 6.48. The van der Waals surface area contributed by atoms with Crippen LogP contribution in [0.1, 0.15) is 19.4 Å². The molecule has 0 unspecified atom stereocenters. The minimum atomic E-state index is -0.283. The van der Waals surface area contributed by atoms with Crippen LogP contribution >= 0.6 is 0 Å². The van der Waals surface area contributed by atoms with Crippen molar-refractivity contribution >= 4 is 11.6 Å². The van der Waals surface area contributed by atoms with Crippen LogP contribution in [0.15, 0.2) is 41.3 Å². The van der Waals surface area contributed by atoms with Gasteiger partial charge in [-0.05, 0) is 39.0 Å². The van der Waals surface area contributed by atoms with Crippen molar-refractivity contribution in [2.75, 3.05) is 18.5 Å². The van der Waals surface area contributed by atoms with E-state index in [0.717, 1.165) is 0 Å². The molecule has 0 radical (unpaired) electrons. The average Bonchev–Trinajstić information content (AvgIpc) is 2.55. The van der Waals surface area contributed by atoms with Crippen molar-refractivity contribution in [3.63, 3.8) is 0 Å². The molecule has 0 aliphatic carbocycles. The molecular formula is C18H22N2O4. The highest BCUT2D eigenvalue weighted by Crippen LogP contribution is 2.30. The van der Waals surface area contributed by atoms with Crippen LogP contribution in [0.4, 0.5) is 5.69 Å². The molecule has 1 aromatic heterocycles. The number of amides is 1. The summed E-state index contributed by atoms with van der Waals surface area (Å²) in [4.78, 5) is 24.1. The van der Waals surface area contributed by atoms with Gasteiger partial charge in [0.2, 0.25) is 5.91 Å². The Kier molecular flexibility index (Phi) is 6.01. The zero-order valence-electron chi connectivity index (χ0n) is 14.2. The third-order valence-corrected chi connectivity index (χ3v) is 3.35. The predicted octanol–water partition coefficient (Wildman–Crippen LogP) is 2.59. The second-order valence-corrected chi connectivity index (χ2v) is 5.20. The lowest BCUT2D eigenvalue weighted by Gasteiger charge is -2.13. The Bertz CT molecular complexity index is 768. The molecule has 1 amide bonds. The molecule has 6 heteroatoms.